The third-order valence-electron chi connectivity index (χ3n) is 23.3. The molecular weight excluding hydrogens is 1670 g/mol. The summed E-state index contributed by atoms with van der Waals surface area (Å²) in [7, 11) is 2.06. The second kappa shape index (κ2) is 38.5. The van der Waals surface area contributed by atoms with Crippen LogP contribution < -0.4 is 25.1 Å². The van der Waals surface area contributed by atoms with E-state index in [1.54, 1.807) is 38.5 Å². The molecule has 3 heterocycles. The van der Waals surface area contributed by atoms with Gasteiger partial charge in [0.15, 0.2) is 0 Å². The zero-order chi connectivity index (χ0) is 87.7. The number of hydrogen-bond donors (Lipinski definition) is 2. The Morgan fingerprint density at radius 2 is 0.513 bits per heavy atom. The average Bonchev–Trinajstić information content (AvgIpc) is 1.62. The molecule has 0 aliphatic carbocycles. The Morgan fingerprint density at radius 3 is 0.798 bits per heavy atom. The van der Waals surface area contributed by atoms with Crippen molar-refractivity contribution in [3.8, 4) is 72.9 Å². The van der Waals surface area contributed by atoms with Crippen molar-refractivity contribution in [3.05, 3.63) is 229 Å². The van der Waals surface area contributed by atoms with Crippen molar-refractivity contribution in [1.82, 2.24) is 0 Å². The highest BCUT2D eigenvalue weighted by Crippen LogP contribution is 2.46. The van der Waals surface area contributed by atoms with Gasteiger partial charge in [0, 0.05) is 30.0 Å². The number of methoxy groups -OCH3 is 3. The van der Waals surface area contributed by atoms with Crippen molar-refractivity contribution in [1.29, 1.82) is 0 Å². The molecule has 2 N–H and O–H groups in total. The topological polar surface area (TPSA) is 124 Å². The molecule has 12 rings (SSSR count). The van der Waals surface area contributed by atoms with Crippen molar-refractivity contribution in [2.45, 2.75) is 289 Å². The van der Waals surface area contributed by atoms with Crippen molar-refractivity contribution in [2.75, 3.05) is 21.3 Å². The zero-order valence-electron chi connectivity index (χ0n) is 76.3. The van der Waals surface area contributed by atoms with E-state index in [2.05, 4.69) is 334 Å². The molecule has 0 amide bonds. The fourth-order valence-corrected chi connectivity index (χ4v) is 15.1. The molecule has 0 atom stereocenters. The minimum Gasteiger partial charge on any atom is -0.497 e. The molecule has 3 aliphatic rings. The summed E-state index contributed by atoms with van der Waals surface area (Å²) in [6.07, 6.45) is 0. The van der Waals surface area contributed by atoms with Gasteiger partial charge in [-0.25, -0.2) is 0 Å². The maximum Gasteiger partial charge on any atom is 0.494 e. The minimum absolute atomic E-state index is 0. The Balaban J connectivity index is 0.000000241. The van der Waals surface area contributed by atoms with Gasteiger partial charge in [0.25, 0.3) is 0 Å². The molecule has 119 heavy (non-hydrogen) atoms. The summed E-state index contributed by atoms with van der Waals surface area (Å²) in [4.78, 5) is 0. The van der Waals surface area contributed by atoms with E-state index in [-0.39, 0.29) is 69.7 Å². The first kappa shape index (κ1) is 102. The van der Waals surface area contributed by atoms with E-state index in [1.807, 2.05) is 79.7 Å². The Bertz CT molecular complexity index is 4730. The summed E-state index contributed by atoms with van der Waals surface area (Å²) in [5, 5.41) is 17.6. The van der Waals surface area contributed by atoms with Crippen LogP contribution in [-0.2, 0) is 60.4 Å². The lowest BCUT2D eigenvalue weighted by Crippen LogP contribution is -2.41. The Kier molecular flexibility index (Phi) is 32.8. The van der Waals surface area contributed by atoms with Crippen molar-refractivity contribution >= 4 is 87.0 Å². The molecule has 3 fully saturated rings. The van der Waals surface area contributed by atoms with Crippen LogP contribution in [0.3, 0.4) is 0 Å². The maximum absolute atomic E-state index is 8.81. The molecule has 18 heteroatoms. The average molecular weight is 1810 g/mol. The van der Waals surface area contributed by atoms with Crippen molar-refractivity contribution in [2.24, 2.45) is 0 Å². The molecule has 9 aromatic rings. The molecule has 0 spiro atoms. The molecule has 3 saturated heterocycles. The second-order valence-electron chi connectivity index (χ2n) is 40.5. The molecule has 9 aromatic carbocycles. The molecular formula is C101H139B4Br3O11. The van der Waals surface area contributed by atoms with Gasteiger partial charge in [0.05, 0.1) is 54.9 Å². The van der Waals surface area contributed by atoms with Crippen molar-refractivity contribution in [3.63, 3.8) is 0 Å². The number of hydrogen-bond acceptors (Lipinski definition) is 11. The lowest BCUT2D eigenvalue weighted by atomic mass is 9.49. The van der Waals surface area contributed by atoms with Crippen LogP contribution in [0.2, 0.25) is 0 Å². The summed E-state index contributed by atoms with van der Waals surface area (Å²) in [6.45, 7) is 65.6. The SMILES string of the molecule is C.C.CC(C)(C)c1cc(-c2cc(Br)cc(Br)c2)cc(C(C)(C)C)c1.CC1(C)OB(B2OC(C)(C)C(C)(C)O2)OC1(C)C.COc1ccccc1-c1cc(B2OC(C)(C)C(C)(C)O2)cc(-c2cc(C(C)(C)C)cc(C(C)(C)C)c2)c1.COc1ccccc1-c1cc(Br)cc(-c2cc(C(C)(C)C)cc(C(C)(C)C)c2)c1.COc1ccccc1B(O)O. The summed E-state index contributed by atoms with van der Waals surface area (Å²) in [5.41, 5.74) is 19.5. The van der Waals surface area contributed by atoms with Crippen LogP contribution in [0.25, 0.3) is 55.6 Å². The van der Waals surface area contributed by atoms with E-state index in [0.29, 0.717) is 11.2 Å². The van der Waals surface area contributed by atoms with Crippen molar-refractivity contribution < 1.29 is 52.2 Å². The standard InChI is InChI=1S/C33H43BO3.C27H31BrO.C20H24Br2.C12H24B2O4.C7H9BO3.2CH4/c1-30(2,3)25-17-23(18-26(21-25)31(4,5)6)22-16-24(28-14-12-13-15-29(28)35-11)20-27(19-22)34-36-32(7,8)33(9,10)37-34;1-26(2,3)21-13-19(14-22(17-21)27(4,5)6)18-12-20(16-23(28)15-18)24-10-8-9-11-25(24)29-7;1-19(2,3)15-7-13(8-16(11-15)20(4,5)6)14-9-17(21)12-18(22)10-14;1-9(2)10(3,4)16-13(15-9)14-17-11(5,6)12(7,8)18-14;1-11-7-5-3-2-4-6(7)8(9)10;;/h12-21H,1-11H3;8-17H,1-7H3;7-12H,1-6H3;1-8H3;2-5,9-10H,1H3;2*1H4. The van der Waals surface area contributed by atoms with Crippen LogP contribution in [0.15, 0.2) is 195 Å². The van der Waals surface area contributed by atoms with Gasteiger partial charge in [-0.1, -0.05) is 309 Å². The molecule has 0 radical (unpaired) electrons. The Morgan fingerprint density at radius 1 is 0.286 bits per heavy atom. The summed E-state index contributed by atoms with van der Waals surface area (Å²) < 4.78 is 56.3. The molecule has 642 valence electrons. The molecule has 11 nitrogen and oxygen atoms in total. The van der Waals surface area contributed by atoms with Gasteiger partial charge >= 0.3 is 28.3 Å². The first-order valence-electron chi connectivity index (χ1n) is 40.8. The van der Waals surface area contributed by atoms with Gasteiger partial charge in [-0.15, -0.1) is 0 Å². The zero-order valence-corrected chi connectivity index (χ0v) is 81.1. The molecule has 0 aromatic heterocycles. The number of para-hydroxylation sites is 3. The molecule has 3 aliphatic heterocycles. The predicted octanol–water partition coefficient (Wildman–Crippen LogP) is 26.7. The van der Waals surface area contributed by atoms with E-state index >= 15 is 0 Å². The summed E-state index contributed by atoms with van der Waals surface area (Å²) in [6, 6.07) is 63.9. The monoisotopic (exact) mass is 1810 g/mol. The second-order valence-corrected chi connectivity index (χ2v) is 43.2. The third-order valence-corrected chi connectivity index (χ3v) is 24.6. The maximum atomic E-state index is 8.81. The number of halogens is 3. The fraction of sp³-hybridized carbons (Fsp3) is 0.465. The lowest BCUT2D eigenvalue weighted by molar-refractivity contribution is 0.00578. The summed E-state index contributed by atoms with van der Waals surface area (Å²) in [5.74, 6) is 2.22. The van der Waals surface area contributed by atoms with E-state index in [0.717, 1.165) is 58.2 Å². The van der Waals surface area contributed by atoms with Crippen LogP contribution in [0.1, 0.15) is 256 Å². The number of benzene rings is 9. The Labute approximate surface area is 745 Å². The highest BCUT2D eigenvalue weighted by molar-refractivity contribution is 9.11. The van der Waals surface area contributed by atoms with E-state index < -0.39 is 39.5 Å². The summed E-state index contributed by atoms with van der Waals surface area (Å²) >= 11 is 10.9. The van der Waals surface area contributed by atoms with Gasteiger partial charge in [-0.05, 0) is 260 Å². The van der Waals surface area contributed by atoms with Gasteiger partial charge in [-0.2, -0.15) is 0 Å². The fourth-order valence-electron chi connectivity index (χ4n) is 13.3. The predicted molar refractivity (Wildman–Crippen MR) is 519 cm³/mol. The minimum atomic E-state index is -1.47. The lowest BCUT2D eigenvalue weighted by Gasteiger charge is -2.32. The molecule has 0 unspecified atom stereocenters. The number of ether oxygens (including phenoxy) is 3. The van der Waals surface area contributed by atoms with Gasteiger partial charge < -0.3 is 52.2 Å². The molecule has 0 saturated carbocycles. The van der Waals surface area contributed by atoms with Crippen LogP contribution in [-0.4, -0.2) is 93.2 Å². The molecule has 0 bridgehead atoms. The van der Waals surface area contributed by atoms with Gasteiger partial charge in [0.1, 0.15) is 17.2 Å². The van der Waals surface area contributed by atoms with Crippen LogP contribution in [0.4, 0.5) is 0 Å². The van der Waals surface area contributed by atoms with Crippen LogP contribution in [0.5, 0.6) is 17.2 Å². The van der Waals surface area contributed by atoms with Crippen LogP contribution >= 0.6 is 47.8 Å². The van der Waals surface area contributed by atoms with E-state index in [9.17, 15) is 0 Å². The van der Waals surface area contributed by atoms with Gasteiger partial charge in [0.2, 0.25) is 0 Å². The highest BCUT2D eigenvalue weighted by Gasteiger charge is 2.64. The first-order chi connectivity index (χ1) is 53.6. The van der Waals surface area contributed by atoms with E-state index in [1.165, 1.54) is 68.3 Å². The normalized spacial score (nSPS) is 16.3. The smallest absolute Gasteiger partial charge is 0.494 e. The van der Waals surface area contributed by atoms with Crippen LogP contribution in [0, 0.1) is 0 Å². The quantitative estimate of drug-likeness (QED) is 0.120. The highest BCUT2D eigenvalue weighted by atomic mass is 79.9. The van der Waals surface area contributed by atoms with Gasteiger partial charge in [-0.3, -0.25) is 0 Å². The number of rotatable bonds is 11. The third kappa shape index (κ3) is 25.5. The Hall–Kier alpha value is -6.24. The first-order valence-corrected chi connectivity index (χ1v) is 43.2. The largest absolute Gasteiger partial charge is 0.497 e. The van der Waals surface area contributed by atoms with E-state index in [4.69, 9.17) is 52.2 Å².